The zero-order valence-electron chi connectivity index (χ0n) is 11.8. The number of anilines is 1. The van der Waals surface area contributed by atoms with Crippen LogP contribution in [0.3, 0.4) is 0 Å². The maximum Gasteiger partial charge on any atom is 0.196 e. The van der Waals surface area contributed by atoms with E-state index in [1.54, 1.807) is 0 Å². The van der Waals surface area contributed by atoms with E-state index in [4.69, 9.17) is 5.73 Å². The van der Waals surface area contributed by atoms with Gasteiger partial charge in [0.05, 0.1) is 11.9 Å². The molecule has 2 rings (SSSR count). The van der Waals surface area contributed by atoms with Gasteiger partial charge in [0, 0.05) is 5.92 Å². The van der Waals surface area contributed by atoms with E-state index in [0.717, 1.165) is 12.1 Å². The molecule has 0 spiro atoms. The van der Waals surface area contributed by atoms with E-state index in [-0.39, 0.29) is 0 Å². The van der Waals surface area contributed by atoms with Gasteiger partial charge in [0.15, 0.2) is 11.5 Å². The van der Waals surface area contributed by atoms with Crippen molar-refractivity contribution in [3.8, 4) is 0 Å². The molecule has 0 aromatic carbocycles. The number of unbranched alkanes of at least 4 members (excludes halogenated alkanes) is 3. The van der Waals surface area contributed by atoms with Crippen molar-refractivity contribution in [2.75, 3.05) is 5.73 Å². The molecule has 0 bridgehead atoms. The lowest BCUT2D eigenvalue weighted by Gasteiger charge is -2.13. The summed E-state index contributed by atoms with van der Waals surface area (Å²) in [7, 11) is 0. The van der Waals surface area contributed by atoms with Crippen LogP contribution in [-0.4, -0.2) is 19.6 Å². The van der Waals surface area contributed by atoms with Crippen molar-refractivity contribution >= 4 is 11.5 Å². The summed E-state index contributed by atoms with van der Waals surface area (Å²) in [5.41, 5.74) is 7.64. The number of hydrogen-bond acceptors (Lipinski definition) is 4. The topological polar surface area (TPSA) is 69.1 Å². The molecule has 0 radical (unpaired) electrons. The molecule has 2 aromatic heterocycles. The van der Waals surface area contributed by atoms with Gasteiger partial charge in [-0.15, -0.1) is 0 Å². The monoisotopic (exact) mass is 261 g/mol. The minimum Gasteiger partial charge on any atom is -0.381 e. The Labute approximate surface area is 114 Å². The van der Waals surface area contributed by atoms with Crippen LogP contribution in [0.4, 0.5) is 5.82 Å². The van der Waals surface area contributed by atoms with Gasteiger partial charge >= 0.3 is 0 Å². The number of fused-ring (bicyclic) bond motifs is 1. The van der Waals surface area contributed by atoms with Crippen LogP contribution in [0.2, 0.25) is 0 Å². The van der Waals surface area contributed by atoms with Crippen LogP contribution in [0.5, 0.6) is 0 Å². The molecule has 2 N–H and O–H groups in total. The van der Waals surface area contributed by atoms with Gasteiger partial charge in [0.1, 0.15) is 6.33 Å². The molecule has 19 heavy (non-hydrogen) atoms. The zero-order valence-corrected chi connectivity index (χ0v) is 11.8. The first-order chi connectivity index (χ1) is 9.27. The molecule has 104 valence electrons. The van der Waals surface area contributed by atoms with Gasteiger partial charge in [-0.3, -0.25) is 0 Å². The highest BCUT2D eigenvalue weighted by Gasteiger charge is 2.16. The third-order valence-corrected chi connectivity index (χ3v) is 3.67. The first-order valence-electron chi connectivity index (χ1n) is 7.22. The summed E-state index contributed by atoms with van der Waals surface area (Å²) >= 11 is 0. The first-order valence-corrected chi connectivity index (χ1v) is 7.22. The van der Waals surface area contributed by atoms with Crippen LogP contribution >= 0.6 is 0 Å². The van der Waals surface area contributed by atoms with E-state index in [0.29, 0.717) is 17.4 Å². The molecular weight excluding hydrogens is 238 g/mol. The smallest absolute Gasteiger partial charge is 0.196 e. The van der Waals surface area contributed by atoms with Gasteiger partial charge in [-0.1, -0.05) is 39.5 Å². The second kappa shape index (κ2) is 6.50. The molecule has 0 amide bonds. The van der Waals surface area contributed by atoms with E-state index in [1.165, 1.54) is 38.4 Å². The number of nitrogens with two attached hydrogens (primary N) is 1. The van der Waals surface area contributed by atoms with Gasteiger partial charge in [0.25, 0.3) is 0 Å². The highest BCUT2D eigenvalue weighted by atomic mass is 15.3. The SMILES string of the molecule is CCCCCCC(CC)c1cnc2c(N)ncnn12. The molecule has 2 aromatic rings. The molecule has 0 aliphatic rings. The van der Waals surface area contributed by atoms with Crippen LogP contribution in [-0.2, 0) is 0 Å². The van der Waals surface area contributed by atoms with Crippen LogP contribution < -0.4 is 5.73 Å². The van der Waals surface area contributed by atoms with Gasteiger partial charge in [-0.2, -0.15) is 5.10 Å². The van der Waals surface area contributed by atoms with E-state index in [9.17, 15) is 0 Å². The predicted octanol–water partition coefficient (Wildman–Crippen LogP) is 3.17. The lowest BCUT2D eigenvalue weighted by molar-refractivity contribution is 0.525. The zero-order chi connectivity index (χ0) is 13.7. The third-order valence-electron chi connectivity index (χ3n) is 3.67. The maximum atomic E-state index is 5.82. The van der Waals surface area contributed by atoms with Crippen molar-refractivity contribution in [3.05, 3.63) is 18.2 Å². The highest BCUT2D eigenvalue weighted by molar-refractivity contribution is 5.58. The molecule has 0 saturated carbocycles. The Bertz CT molecular complexity index is 520. The Morgan fingerprint density at radius 2 is 2.05 bits per heavy atom. The van der Waals surface area contributed by atoms with Gasteiger partial charge in [-0.25, -0.2) is 14.5 Å². The predicted molar refractivity (Wildman–Crippen MR) is 77.0 cm³/mol. The van der Waals surface area contributed by atoms with Gasteiger partial charge < -0.3 is 5.73 Å². The molecule has 0 saturated heterocycles. The van der Waals surface area contributed by atoms with Crippen molar-refractivity contribution in [3.63, 3.8) is 0 Å². The quantitative estimate of drug-likeness (QED) is 0.777. The van der Waals surface area contributed by atoms with Crippen LogP contribution in [0.15, 0.2) is 12.5 Å². The maximum absolute atomic E-state index is 5.82. The number of nitrogen functional groups attached to an aromatic ring is 1. The molecule has 0 aliphatic carbocycles. The van der Waals surface area contributed by atoms with Crippen LogP contribution in [0, 0.1) is 0 Å². The lowest BCUT2D eigenvalue weighted by atomic mass is 9.95. The molecule has 5 nitrogen and oxygen atoms in total. The Kier molecular flexibility index (Phi) is 4.71. The van der Waals surface area contributed by atoms with Crippen molar-refractivity contribution in [2.24, 2.45) is 0 Å². The Hall–Kier alpha value is -1.65. The average molecular weight is 261 g/mol. The molecule has 2 heterocycles. The molecule has 5 heteroatoms. The minimum atomic E-state index is 0.446. The van der Waals surface area contributed by atoms with E-state index in [1.807, 2.05) is 10.7 Å². The van der Waals surface area contributed by atoms with Gasteiger partial charge in [0.2, 0.25) is 0 Å². The Morgan fingerprint density at radius 1 is 1.21 bits per heavy atom. The van der Waals surface area contributed by atoms with Crippen LogP contribution in [0.1, 0.15) is 64.0 Å². The number of nitrogens with zero attached hydrogens (tertiary/aromatic N) is 4. The third kappa shape index (κ3) is 3.03. The van der Waals surface area contributed by atoms with Gasteiger partial charge in [-0.05, 0) is 12.8 Å². The van der Waals surface area contributed by atoms with E-state index < -0.39 is 0 Å². The number of aromatic nitrogens is 4. The first kappa shape index (κ1) is 13.8. The summed E-state index contributed by atoms with van der Waals surface area (Å²) in [5, 5.41) is 4.28. The summed E-state index contributed by atoms with van der Waals surface area (Å²) in [6.07, 6.45) is 10.8. The number of rotatable bonds is 7. The fourth-order valence-corrected chi connectivity index (χ4v) is 2.51. The molecule has 0 aliphatic heterocycles. The van der Waals surface area contributed by atoms with Crippen LogP contribution in [0.25, 0.3) is 5.65 Å². The standard InChI is InChI=1S/C14H23N5/c1-3-5-6-7-8-11(4-2)12-9-16-14-13(15)17-10-18-19(12)14/h9-11H,3-8H2,1-2H3,(H2,15,17,18). The summed E-state index contributed by atoms with van der Waals surface area (Å²) in [6.45, 7) is 4.45. The van der Waals surface area contributed by atoms with E-state index in [2.05, 4.69) is 28.9 Å². The average Bonchev–Trinajstić information content (AvgIpc) is 2.84. The largest absolute Gasteiger partial charge is 0.381 e. The van der Waals surface area contributed by atoms with Crippen molar-refractivity contribution in [1.29, 1.82) is 0 Å². The summed E-state index contributed by atoms with van der Waals surface area (Å²) in [5.74, 6) is 0.947. The summed E-state index contributed by atoms with van der Waals surface area (Å²) in [4.78, 5) is 8.32. The van der Waals surface area contributed by atoms with E-state index >= 15 is 0 Å². The second-order valence-corrected chi connectivity index (χ2v) is 5.02. The normalized spacial score (nSPS) is 12.9. The van der Waals surface area contributed by atoms with Crippen molar-refractivity contribution in [1.82, 2.24) is 19.6 Å². The number of imidazole rings is 1. The summed E-state index contributed by atoms with van der Waals surface area (Å²) in [6, 6.07) is 0. The second-order valence-electron chi connectivity index (χ2n) is 5.02. The molecule has 0 fully saturated rings. The van der Waals surface area contributed by atoms with Crippen molar-refractivity contribution in [2.45, 2.75) is 58.3 Å². The minimum absolute atomic E-state index is 0.446. The lowest BCUT2D eigenvalue weighted by Crippen LogP contribution is -2.06. The molecule has 1 atom stereocenters. The van der Waals surface area contributed by atoms with Crippen molar-refractivity contribution < 1.29 is 0 Å². The fraction of sp³-hybridized carbons (Fsp3) is 0.643. The fourth-order valence-electron chi connectivity index (χ4n) is 2.51. The Balaban J connectivity index is 2.14. The molecular formula is C14H23N5. The highest BCUT2D eigenvalue weighted by Crippen LogP contribution is 2.26. The number of hydrogen-bond donors (Lipinski definition) is 1. The molecule has 1 unspecified atom stereocenters. The summed E-state index contributed by atoms with van der Waals surface area (Å²) < 4.78 is 1.84. The Morgan fingerprint density at radius 3 is 2.79 bits per heavy atom.